The van der Waals surface area contributed by atoms with Crippen LogP contribution >= 0.6 is 0 Å². The molecular weight excluding hydrogens is 235 g/mol. The molecule has 0 amide bonds. The van der Waals surface area contributed by atoms with Gasteiger partial charge in [0.05, 0.1) is 0 Å². The molecule has 2 rings (SSSR count). The van der Waals surface area contributed by atoms with E-state index in [2.05, 4.69) is 26.8 Å². The molecule has 1 aromatic rings. The van der Waals surface area contributed by atoms with Crippen molar-refractivity contribution in [2.75, 3.05) is 0 Å². The second kappa shape index (κ2) is 6.58. The van der Waals surface area contributed by atoms with Crippen LogP contribution in [0.25, 0.3) is 0 Å². The Kier molecular flexibility index (Phi) is 5.63. The Morgan fingerprint density at radius 1 is 1.21 bits per heavy atom. The first-order valence-electron chi connectivity index (χ1n) is 7.44. The quantitative estimate of drug-likeness (QED) is 0.804. The standard InChI is InChI=1S/C14H21BO2.C2H6/c1-10(2)14(3)8-4-5-11-6-7-12(15(16)17)9-13(11)14;1-2/h6-7,9-10,16-17H,4-5,8H2,1-3H3;1-2H3. The van der Waals surface area contributed by atoms with Crippen LogP contribution in [0, 0.1) is 5.92 Å². The maximum atomic E-state index is 9.29. The summed E-state index contributed by atoms with van der Waals surface area (Å²) in [5, 5.41) is 18.6. The zero-order valence-electron chi connectivity index (χ0n) is 12.9. The van der Waals surface area contributed by atoms with Crippen molar-refractivity contribution >= 4 is 12.6 Å². The first kappa shape index (κ1) is 16.3. The zero-order chi connectivity index (χ0) is 14.6. The fourth-order valence-corrected chi connectivity index (χ4v) is 2.88. The Labute approximate surface area is 118 Å². The lowest BCUT2D eigenvalue weighted by molar-refractivity contribution is 0.290. The molecule has 0 bridgehead atoms. The van der Waals surface area contributed by atoms with Gasteiger partial charge in [-0.3, -0.25) is 0 Å². The van der Waals surface area contributed by atoms with Gasteiger partial charge in [-0.05, 0) is 47.2 Å². The van der Waals surface area contributed by atoms with Crippen molar-refractivity contribution < 1.29 is 10.0 Å². The minimum atomic E-state index is -1.36. The average molecular weight is 262 g/mol. The second-order valence-electron chi connectivity index (χ2n) is 5.72. The first-order chi connectivity index (χ1) is 8.95. The summed E-state index contributed by atoms with van der Waals surface area (Å²) in [6, 6.07) is 5.87. The van der Waals surface area contributed by atoms with Crippen LogP contribution in [0.1, 0.15) is 58.6 Å². The zero-order valence-corrected chi connectivity index (χ0v) is 12.9. The lowest BCUT2D eigenvalue weighted by atomic mass is 9.63. The molecule has 1 aliphatic rings. The van der Waals surface area contributed by atoms with Crippen LogP contribution in [0.5, 0.6) is 0 Å². The van der Waals surface area contributed by atoms with Crippen LogP contribution in [0.15, 0.2) is 18.2 Å². The molecule has 0 saturated carbocycles. The summed E-state index contributed by atoms with van der Waals surface area (Å²) in [5.74, 6) is 0.563. The third-order valence-corrected chi connectivity index (χ3v) is 4.46. The minimum absolute atomic E-state index is 0.165. The summed E-state index contributed by atoms with van der Waals surface area (Å²) in [5.41, 5.74) is 3.46. The molecule has 1 unspecified atom stereocenters. The summed E-state index contributed by atoms with van der Waals surface area (Å²) < 4.78 is 0. The molecule has 2 nitrogen and oxygen atoms in total. The number of rotatable bonds is 2. The summed E-state index contributed by atoms with van der Waals surface area (Å²) in [6.07, 6.45) is 3.52. The summed E-state index contributed by atoms with van der Waals surface area (Å²) in [7, 11) is -1.36. The Morgan fingerprint density at radius 2 is 1.84 bits per heavy atom. The molecule has 0 fully saturated rings. The highest BCUT2D eigenvalue weighted by Crippen LogP contribution is 2.41. The normalized spacial score (nSPS) is 21.5. The molecule has 0 aliphatic heterocycles. The Hall–Kier alpha value is -0.795. The maximum absolute atomic E-state index is 9.29. The number of fused-ring (bicyclic) bond motifs is 1. The first-order valence-corrected chi connectivity index (χ1v) is 7.44. The molecule has 0 heterocycles. The van der Waals surface area contributed by atoms with Crippen LogP contribution < -0.4 is 5.46 Å². The lowest BCUT2D eigenvalue weighted by Crippen LogP contribution is -2.37. The molecule has 0 radical (unpaired) electrons. The predicted octanol–water partition coefficient (Wildman–Crippen LogP) is 2.64. The van der Waals surface area contributed by atoms with Gasteiger partial charge in [0.1, 0.15) is 0 Å². The van der Waals surface area contributed by atoms with Gasteiger partial charge in [0.15, 0.2) is 0 Å². The van der Waals surface area contributed by atoms with E-state index in [4.69, 9.17) is 0 Å². The highest BCUT2D eigenvalue weighted by Gasteiger charge is 2.35. The van der Waals surface area contributed by atoms with Gasteiger partial charge in [0.2, 0.25) is 0 Å². The molecule has 1 aromatic carbocycles. The third kappa shape index (κ3) is 3.21. The third-order valence-electron chi connectivity index (χ3n) is 4.46. The van der Waals surface area contributed by atoms with Crippen LogP contribution in [0.3, 0.4) is 0 Å². The Balaban J connectivity index is 0.000000861. The van der Waals surface area contributed by atoms with Gasteiger partial charge < -0.3 is 10.0 Å². The van der Waals surface area contributed by atoms with E-state index in [-0.39, 0.29) is 5.41 Å². The molecule has 106 valence electrons. The predicted molar refractivity (Wildman–Crippen MR) is 82.7 cm³/mol. The average Bonchev–Trinajstić information content (AvgIpc) is 2.41. The smallest absolute Gasteiger partial charge is 0.423 e. The number of hydrogen-bond acceptors (Lipinski definition) is 2. The monoisotopic (exact) mass is 262 g/mol. The van der Waals surface area contributed by atoms with Gasteiger partial charge in [-0.15, -0.1) is 0 Å². The minimum Gasteiger partial charge on any atom is -0.423 e. The molecular formula is C16H27BO2. The molecule has 3 heteroatoms. The van der Waals surface area contributed by atoms with E-state index >= 15 is 0 Å². The van der Waals surface area contributed by atoms with E-state index in [1.807, 2.05) is 26.0 Å². The topological polar surface area (TPSA) is 40.5 Å². The molecule has 19 heavy (non-hydrogen) atoms. The molecule has 0 saturated heterocycles. The Bertz CT molecular complexity index is 415. The van der Waals surface area contributed by atoms with E-state index in [1.54, 1.807) is 0 Å². The maximum Gasteiger partial charge on any atom is 0.488 e. The van der Waals surface area contributed by atoms with Crippen molar-refractivity contribution in [3.8, 4) is 0 Å². The van der Waals surface area contributed by atoms with E-state index < -0.39 is 7.12 Å². The number of hydrogen-bond donors (Lipinski definition) is 2. The van der Waals surface area contributed by atoms with Crippen LogP contribution in [-0.2, 0) is 11.8 Å². The number of benzene rings is 1. The fourth-order valence-electron chi connectivity index (χ4n) is 2.88. The summed E-state index contributed by atoms with van der Waals surface area (Å²) >= 11 is 0. The van der Waals surface area contributed by atoms with Gasteiger partial charge in [-0.1, -0.05) is 52.8 Å². The van der Waals surface area contributed by atoms with Gasteiger partial charge >= 0.3 is 7.12 Å². The van der Waals surface area contributed by atoms with Crippen molar-refractivity contribution in [3.63, 3.8) is 0 Å². The van der Waals surface area contributed by atoms with Crippen LogP contribution in [-0.4, -0.2) is 17.2 Å². The molecule has 0 aromatic heterocycles. The number of aryl methyl sites for hydroxylation is 1. The molecule has 2 N–H and O–H groups in total. The Morgan fingerprint density at radius 3 is 2.37 bits per heavy atom. The van der Waals surface area contributed by atoms with Gasteiger partial charge in [-0.2, -0.15) is 0 Å². The largest absolute Gasteiger partial charge is 0.488 e. The van der Waals surface area contributed by atoms with Gasteiger partial charge in [0.25, 0.3) is 0 Å². The van der Waals surface area contributed by atoms with Crippen molar-refractivity contribution in [1.82, 2.24) is 0 Å². The van der Waals surface area contributed by atoms with E-state index in [9.17, 15) is 10.0 Å². The van der Waals surface area contributed by atoms with Crippen LogP contribution in [0.2, 0.25) is 0 Å². The SMILES string of the molecule is CC.CC(C)C1(C)CCCc2ccc(B(O)O)cc21. The summed E-state index contributed by atoms with van der Waals surface area (Å²) in [4.78, 5) is 0. The van der Waals surface area contributed by atoms with Crippen molar-refractivity contribution in [2.24, 2.45) is 5.92 Å². The molecule has 1 aliphatic carbocycles. The highest BCUT2D eigenvalue weighted by molar-refractivity contribution is 6.58. The van der Waals surface area contributed by atoms with Crippen molar-refractivity contribution in [1.29, 1.82) is 0 Å². The molecule has 1 atom stereocenters. The summed E-state index contributed by atoms with van der Waals surface area (Å²) in [6.45, 7) is 10.8. The lowest BCUT2D eigenvalue weighted by Gasteiger charge is -2.40. The highest BCUT2D eigenvalue weighted by atomic mass is 16.4. The van der Waals surface area contributed by atoms with Crippen molar-refractivity contribution in [2.45, 2.75) is 59.3 Å². The fraction of sp³-hybridized carbons (Fsp3) is 0.625. The van der Waals surface area contributed by atoms with Crippen LogP contribution in [0.4, 0.5) is 0 Å². The molecule has 0 spiro atoms. The van der Waals surface area contributed by atoms with Gasteiger partial charge in [-0.25, -0.2) is 0 Å². The van der Waals surface area contributed by atoms with Gasteiger partial charge in [0, 0.05) is 0 Å². The van der Waals surface area contributed by atoms with E-state index in [1.165, 1.54) is 24.0 Å². The van der Waals surface area contributed by atoms with E-state index in [0.717, 1.165) is 6.42 Å². The second-order valence-corrected chi connectivity index (χ2v) is 5.72. The van der Waals surface area contributed by atoms with E-state index in [0.29, 0.717) is 11.4 Å². The van der Waals surface area contributed by atoms with Crippen molar-refractivity contribution in [3.05, 3.63) is 29.3 Å².